The Bertz CT molecular complexity index is 524. The zero-order chi connectivity index (χ0) is 12.6. The van der Waals surface area contributed by atoms with Gasteiger partial charge in [0.15, 0.2) is 0 Å². The van der Waals surface area contributed by atoms with Gasteiger partial charge in [0, 0.05) is 17.3 Å². The van der Waals surface area contributed by atoms with Gasteiger partial charge in [-0.25, -0.2) is 8.42 Å². The first-order valence-electron chi connectivity index (χ1n) is 5.36. The molecule has 6 heteroatoms. The molecule has 0 radical (unpaired) electrons. The van der Waals surface area contributed by atoms with Gasteiger partial charge in [0.2, 0.25) is 0 Å². The summed E-state index contributed by atoms with van der Waals surface area (Å²) in [4.78, 5) is 0. The third kappa shape index (κ3) is 2.84. The molecule has 1 fully saturated rings. The van der Waals surface area contributed by atoms with E-state index in [0.717, 1.165) is 5.69 Å². The molecule has 1 aromatic carbocycles. The lowest BCUT2D eigenvalue weighted by molar-refractivity contribution is 0.435. The van der Waals surface area contributed by atoms with Crippen molar-refractivity contribution in [3.63, 3.8) is 0 Å². The molecule has 0 atom stereocenters. The van der Waals surface area contributed by atoms with E-state index in [1.54, 1.807) is 12.1 Å². The molecule has 0 aliphatic heterocycles. The second kappa shape index (κ2) is 4.38. The summed E-state index contributed by atoms with van der Waals surface area (Å²) < 4.78 is 22.5. The lowest BCUT2D eigenvalue weighted by Gasteiger charge is -2.35. The minimum atomic E-state index is -2.90. The largest absolute Gasteiger partial charge is 0.397 e. The molecule has 3 N–H and O–H groups in total. The van der Waals surface area contributed by atoms with E-state index in [0.29, 0.717) is 23.6 Å². The number of hydrogen-bond acceptors (Lipinski definition) is 4. The highest BCUT2D eigenvalue weighted by atomic mass is 35.5. The number of rotatable bonds is 3. The van der Waals surface area contributed by atoms with Gasteiger partial charge in [-0.05, 0) is 31.0 Å². The second-order valence-electron chi connectivity index (χ2n) is 4.50. The first-order valence-corrected chi connectivity index (χ1v) is 7.70. The lowest BCUT2D eigenvalue weighted by Crippen LogP contribution is -2.43. The molecule has 1 saturated carbocycles. The van der Waals surface area contributed by atoms with Crippen molar-refractivity contribution in [2.75, 3.05) is 17.3 Å². The van der Waals surface area contributed by atoms with Crippen molar-refractivity contribution in [2.24, 2.45) is 0 Å². The average Bonchev–Trinajstić information content (AvgIpc) is 2.11. The highest BCUT2D eigenvalue weighted by molar-refractivity contribution is 7.91. The molecule has 17 heavy (non-hydrogen) atoms. The van der Waals surface area contributed by atoms with E-state index in [1.807, 2.05) is 6.07 Å². The van der Waals surface area contributed by atoms with Crippen LogP contribution in [0.25, 0.3) is 0 Å². The fraction of sp³-hybridized carbons (Fsp3) is 0.455. The predicted molar refractivity (Wildman–Crippen MR) is 71.1 cm³/mol. The predicted octanol–water partition coefficient (Wildman–Crippen LogP) is 1.91. The fourth-order valence-electron chi connectivity index (χ4n) is 1.92. The van der Waals surface area contributed by atoms with Crippen LogP contribution in [0.2, 0.25) is 5.02 Å². The molecule has 0 heterocycles. The summed E-state index contributed by atoms with van der Waals surface area (Å²) in [5.41, 5.74) is 7.20. The summed E-state index contributed by atoms with van der Waals surface area (Å²) in [7, 11) is -2.90. The molecule has 1 aromatic rings. The van der Waals surface area contributed by atoms with Crippen molar-refractivity contribution in [1.29, 1.82) is 0 Å². The van der Waals surface area contributed by atoms with Gasteiger partial charge in [-0.1, -0.05) is 11.6 Å². The Hall–Kier alpha value is -0.940. The third-order valence-corrected chi connectivity index (χ3v) is 4.90. The topological polar surface area (TPSA) is 72.2 Å². The number of halogens is 1. The van der Waals surface area contributed by atoms with Gasteiger partial charge >= 0.3 is 0 Å². The summed E-state index contributed by atoms with van der Waals surface area (Å²) in [6.07, 6.45) is 2.56. The zero-order valence-corrected chi connectivity index (χ0v) is 11.1. The van der Waals surface area contributed by atoms with E-state index in [-0.39, 0.29) is 11.3 Å². The number of sulfone groups is 1. The molecule has 1 aliphatic carbocycles. The monoisotopic (exact) mass is 274 g/mol. The number of anilines is 2. The van der Waals surface area contributed by atoms with Crippen LogP contribution in [0.1, 0.15) is 12.8 Å². The number of nitrogens with one attached hydrogen (secondary N) is 1. The van der Waals surface area contributed by atoms with Crippen LogP contribution in [0.15, 0.2) is 18.2 Å². The standard InChI is InChI=1S/C11H15ClN2O2S/c1-17(15,16)9-5-8(6-9)14-11-3-2-7(12)4-10(11)13/h2-4,8-9,14H,5-6,13H2,1H3. The van der Waals surface area contributed by atoms with Crippen LogP contribution in [0, 0.1) is 0 Å². The van der Waals surface area contributed by atoms with Crippen molar-refractivity contribution in [3.05, 3.63) is 23.2 Å². The van der Waals surface area contributed by atoms with Crippen molar-refractivity contribution >= 4 is 32.8 Å². The van der Waals surface area contributed by atoms with Gasteiger partial charge in [0.25, 0.3) is 0 Å². The van der Waals surface area contributed by atoms with Crippen molar-refractivity contribution < 1.29 is 8.42 Å². The lowest BCUT2D eigenvalue weighted by atomic mass is 9.92. The van der Waals surface area contributed by atoms with Crippen LogP contribution in [-0.4, -0.2) is 26.0 Å². The van der Waals surface area contributed by atoms with Crippen LogP contribution in [0.4, 0.5) is 11.4 Å². The average molecular weight is 275 g/mol. The van der Waals surface area contributed by atoms with Crippen LogP contribution in [0.3, 0.4) is 0 Å². The Morgan fingerprint density at radius 1 is 1.41 bits per heavy atom. The van der Waals surface area contributed by atoms with E-state index in [2.05, 4.69) is 5.32 Å². The van der Waals surface area contributed by atoms with Crippen LogP contribution in [-0.2, 0) is 9.84 Å². The fourth-order valence-corrected chi connectivity index (χ4v) is 3.26. The molecular weight excluding hydrogens is 260 g/mol. The molecule has 1 aliphatic rings. The Labute approximate surface area is 106 Å². The normalized spacial score (nSPS) is 24.1. The molecule has 0 saturated heterocycles. The number of hydrogen-bond donors (Lipinski definition) is 2. The van der Waals surface area contributed by atoms with E-state index in [1.165, 1.54) is 6.26 Å². The van der Waals surface area contributed by atoms with Crippen LogP contribution in [0.5, 0.6) is 0 Å². The molecule has 4 nitrogen and oxygen atoms in total. The van der Waals surface area contributed by atoms with E-state index >= 15 is 0 Å². The molecule has 0 bridgehead atoms. The van der Waals surface area contributed by atoms with Crippen LogP contribution >= 0.6 is 11.6 Å². The smallest absolute Gasteiger partial charge is 0.150 e. The molecular formula is C11H15ClN2O2S. The Morgan fingerprint density at radius 3 is 2.59 bits per heavy atom. The van der Waals surface area contributed by atoms with Gasteiger partial charge in [-0.3, -0.25) is 0 Å². The second-order valence-corrected chi connectivity index (χ2v) is 7.26. The molecule has 0 amide bonds. The van der Waals surface area contributed by atoms with Crippen molar-refractivity contribution in [3.8, 4) is 0 Å². The summed E-state index contributed by atoms with van der Waals surface area (Å²) in [5, 5.41) is 3.61. The summed E-state index contributed by atoms with van der Waals surface area (Å²) >= 11 is 5.80. The highest BCUT2D eigenvalue weighted by Crippen LogP contribution is 2.31. The minimum absolute atomic E-state index is 0.179. The van der Waals surface area contributed by atoms with E-state index in [9.17, 15) is 8.42 Å². The van der Waals surface area contributed by atoms with Gasteiger partial charge in [-0.2, -0.15) is 0 Å². The minimum Gasteiger partial charge on any atom is -0.397 e. The van der Waals surface area contributed by atoms with Gasteiger partial charge in [-0.15, -0.1) is 0 Å². The van der Waals surface area contributed by atoms with Crippen LogP contribution < -0.4 is 11.1 Å². The SMILES string of the molecule is CS(=O)(=O)C1CC(Nc2ccc(Cl)cc2N)C1. The maximum Gasteiger partial charge on any atom is 0.150 e. The Kier molecular flexibility index (Phi) is 3.23. The zero-order valence-electron chi connectivity index (χ0n) is 9.48. The summed E-state index contributed by atoms with van der Waals surface area (Å²) in [6.45, 7) is 0. The number of nitrogen functional groups attached to an aromatic ring is 1. The molecule has 2 rings (SSSR count). The van der Waals surface area contributed by atoms with E-state index < -0.39 is 9.84 Å². The Morgan fingerprint density at radius 2 is 2.06 bits per heavy atom. The molecule has 0 spiro atoms. The summed E-state index contributed by atoms with van der Waals surface area (Å²) in [6, 6.07) is 5.42. The molecule has 0 unspecified atom stereocenters. The van der Waals surface area contributed by atoms with Crippen molar-refractivity contribution in [1.82, 2.24) is 0 Å². The van der Waals surface area contributed by atoms with Gasteiger partial charge in [0.05, 0.1) is 16.6 Å². The number of benzene rings is 1. The van der Waals surface area contributed by atoms with Gasteiger partial charge < -0.3 is 11.1 Å². The maximum absolute atomic E-state index is 11.3. The molecule has 94 valence electrons. The molecule has 0 aromatic heterocycles. The first kappa shape index (κ1) is 12.5. The number of nitrogens with two attached hydrogens (primary N) is 1. The quantitative estimate of drug-likeness (QED) is 0.826. The summed E-state index contributed by atoms with van der Waals surface area (Å²) in [5.74, 6) is 0. The van der Waals surface area contributed by atoms with E-state index in [4.69, 9.17) is 17.3 Å². The van der Waals surface area contributed by atoms with Crippen molar-refractivity contribution in [2.45, 2.75) is 24.1 Å². The van der Waals surface area contributed by atoms with Gasteiger partial charge in [0.1, 0.15) is 9.84 Å². The maximum atomic E-state index is 11.3. The first-order chi connectivity index (χ1) is 7.86. The third-order valence-electron chi connectivity index (χ3n) is 3.07. The highest BCUT2D eigenvalue weighted by Gasteiger charge is 2.36. The Balaban J connectivity index is 1.96.